The van der Waals surface area contributed by atoms with Gasteiger partial charge < -0.3 is 4.23 Å². The molecule has 0 unspecified atom stereocenters. The third kappa shape index (κ3) is 4.95. The van der Waals surface area contributed by atoms with E-state index in [1.54, 1.807) is 0 Å². The summed E-state index contributed by atoms with van der Waals surface area (Å²) in [5.41, 5.74) is 2.17. The molecule has 0 aliphatic carbocycles. The smallest absolute Gasteiger partial charge is 0.112 e. The van der Waals surface area contributed by atoms with E-state index in [1.807, 2.05) is 0 Å². The molecule has 0 aliphatic rings. The fourth-order valence-corrected chi connectivity index (χ4v) is 16.5. The van der Waals surface area contributed by atoms with Gasteiger partial charge >= 0.3 is 0 Å². The molecular weight excluding hydrogens is 206 g/mol. The highest BCUT2D eigenvalue weighted by Crippen LogP contribution is 2.18. The molecule has 0 saturated carbocycles. The highest BCUT2D eigenvalue weighted by atomic mass is 28.4. The van der Waals surface area contributed by atoms with Crippen LogP contribution in [0.25, 0.3) is 0 Å². The summed E-state index contributed by atoms with van der Waals surface area (Å²) in [5.74, 6) is 0. The largest absolute Gasteiger partial charge is 0.349 e. The minimum atomic E-state index is -1.08. The van der Waals surface area contributed by atoms with Crippen molar-refractivity contribution in [3.05, 3.63) is 12.3 Å². The van der Waals surface area contributed by atoms with Gasteiger partial charge in [0.1, 0.15) is 16.5 Å². The molecule has 0 N–H and O–H groups in total. The lowest BCUT2D eigenvalue weighted by Crippen LogP contribution is -2.60. The predicted octanol–water partition coefficient (Wildman–Crippen LogP) is 2.23. The molecule has 0 spiro atoms. The first kappa shape index (κ1) is 13.4. The van der Waals surface area contributed by atoms with E-state index in [2.05, 4.69) is 55.8 Å². The van der Waals surface area contributed by atoms with Crippen molar-refractivity contribution in [3.8, 4) is 0 Å². The summed E-state index contributed by atoms with van der Waals surface area (Å²) in [5, 5.41) is 0. The molecule has 1 nitrogen and oxygen atoms in total. The first-order valence-corrected chi connectivity index (χ1v) is 13.8. The van der Waals surface area contributed by atoms with E-state index in [4.69, 9.17) is 0 Å². The summed E-state index contributed by atoms with van der Waals surface area (Å²) in [6.07, 6.45) is 1.36. The molecule has 0 aromatic carbocycles. The third-order valence-electron chi connectivity index (χ3n) is 2.18. The summed E-state index contributed by atoms with van der Waals surface area (Å²) >= 11 is 0. The van der Waals surface area contributed by atoms with Crippen molar-refractivity contribution in [3.63, 3.8) is 0 Å². The second-order valence-electron chi connectivity index (χ2n) is 5.57. The lowest BCUT2D eigenvalue weighted by molar-refractivity contribution is 0.721. The van der Waals surface area contributed by atoms with Crippen molar-refractivity contribution in [1.29, 1.82) is 0 Å². The number of hydrogen-bond acceptors (Lipinski definition) is 1. The molecule has 0 aromatic heterocycles. The van der Waals surface area contributed by atoms with Crippen LogP contribution in [0.15, 0.2) is 12.3 Å². The van der Waals surface area contributed by atoms with Crippen molar-refractivity contribution in [2.45, 2.75) is 39.3 Å². The highest BCUT2D eigenvalue weighted by Gasteiger charge is 2.33. The van der Waals surface area contributed by atoms with Crippen molar-refractivity contribution < 1.29 is 0 Å². The predicted molar refractivity (Wildman–Crippen MR) is 72.1 cm³/mol. The molecule has 4 heteroatoms. The molecule has 0 atom stereocenters. The molecule has 0 radical (unpaired) electrons. The van der Waals surface area contributed by atoms with Gasteiger partial charge in [-0.05, 0) is 6.17 Å². The Morgan fingerprint density at radius 3 is 1.69 bits per heavy atom. The van der Waals surface area contributed by atoms with E-state index in [0.717, 1.165) is 0 Å². The Morgan fingerprint density at radius 2 is 1.46 bits per heavy atom. The summed E-state index contributed by atoms with van der Waals surface area (Å²) in [6.45, 7) is 18.6. The Morgan fingerprint density at radius 1 is 1.08 bits per heavy atom. The van der Waals surface area contributed by atoms with E-state index in [-0.39, 0.29) is 9.52 Å². The molecule has 0 fully saturated rings. The quantitative estimate of drug-likeness (QED) is 0.656. The minimum absolute atomic E-state index is 0.0261. The second-order valence-corrected chi connectivity index (χ2v) is 17.4. The van der Waals surface area contributed by atoms with Gasteiger partial charge in [0.15, 0.2) is 0 Å². The van der Waals surface area contributed by atoms with Gasteiger partial charge in [0, 0.05) is 0 Å². The normalized spacial score (nSPS) is 14.4. The highest BCUT2D eigenvalue weighted by molar-refractivity contribution is 6.90. The Bertz CT molecular complexity index is 153. The maximum absolute atomic E-state index is 3.86. The molecule has 0 aliphatic heterocycles. The fourth-order valence-electron chi connectivity index (χ4n) is 1.90. The van der Waals surface area contributed by atoms with Crippen LogP contribution in [0.4, 0.5) is 0 Å². The maximum Gasteiger partial charge on any atom is 0.112 e. The van der Waals surface area contributed by atoms with Crippen LogP contribution in [0.1, 0.15) is 0 Å². The Hall–Kier alpha value is 0.351. The van der Waals surface area contributed by atoms with Crippen molar-refractivity contribution in [2.24, 2.45) is 0 Å². The molecule has 0 amide bonds. The van der Waals surface area contributed by atoms with Crippen molar-refractivity contribution in [1.82, 2.24) is 4.23 Å². The zero-order valence-corrected chi connectivity index (χ0v) is 13.6. The molecule has 13 heavy (non-hydrogen) atoms. The minimum Gasteiger partial charge on any atom is -0.349 e. The van der Waals surface area contributed by atoms with Crippen LogP contribution in [-0.2, 0) is 0 Å². The zero-order chi connectivity index (χ0) is 10.7. The lowest BCUT2D eigenvalue weighted by Gasteiger charge is -2.43. The molecule has 0 bridgehead atoms. The molecule has 0 rings (SSSR count). The lowest BCUT2D eigenvalue weighted by atomic mass is 11.3. The van der Waals surface area contributed by atoms with E-state index in [9.17, 15) is 0 Å². The van der Waals surface area contributed by atoms with E-state index in [1.165, 1.54) is 6.17 Å². The standard InChI is InChI=1S/C9H25NSi3/c1-8-11-9-10(12(2,3)4)13(5,6)7/h8H,1,9,11H2,2-7H3. The van der Waals surface area contributed by atoms with Crippen LogP contribution in [0.5, 0.6) is 0 Å². The van der Waals surface area contributed by atoms with Gasteiger partial charge in [0.2, 0.25) is 0 Å². The first-order valence-electron chi connectivity index (χ1n) is 5.08. The van der Waals surface area contributed by atoms with Gasteiger partial charge in [0.25, 0.3) is 0 Å². The van der Waals surface area contributed by atoms with Crippen molar-refractivity contribution in [2.75, 3.05) is 6.17 Å². The van der Waals surface area contributed by atoms with Gasteiger partial charge in [-0.1, -0.05) is 39.3 Å². The van der Waals surface area contributed by atoms with Crippen LogP contribution in [0.3, 0.4) is 0 Å². The molecule has 0 aromatic rings. The summed E-state index contributed by atoms with van der Waals surface area (Å²) in [4.78, 5) is 0. The number of hydrogen-bond donors (Lipinski definition) is 0. The molecule has 0 heterocycles. The van der Waals surface area contributed by atoms with Gasteiger partial charge in [-0.2, -0.15) is 0 Å². The molecule has 0 saturated heterocycles. The zero-order valence-electron chi connectivity index (χ0n) is 10.1. The van der Waals surface area contributed by atoms with Gasteiger partial charge in [-0.25, -0.2) is 0 Å². The number of rotatable bonds is 5. The Labute approximate surface area is 88.2 Å². The third-order valence-corrected chi connectivity index (χ3v) is 11.9. The molecular formula is C9H25NSi3. The number of nitrogens with zero attached hydrogens (tertiary/aromatic N) is 1. The molecule has 78 valence electrons. The maximum atomic E-state index is 3.86. The van der Waals surface area contributed by atoms with Gasteiger partial charge in [-0.15, -0.1) is 12.3 Å². The van der Waals surface area contributed by atoms with Crippen LogP contribution in [0.2, 0.25) is 39.3 Å². The first-order chi connectivity index (χ1) is 5.69. The average Bonchev–Trinajstić information content (AvgIpc) is 1.81. The van der Waals surface area contributed by atoms with Crippen LogP contribution >= 0.6 is 0 Å². The van der Waals surface area contributed by atoms with Gasteiger partial charge in [0.05, 0.1) is 9.52 Å². The van der Waals surface area contributed by atoms with E-state index in [0.29, 0.717) is 0 Å². The summed E-state index contributed by atoms with van der Waals surface area (Å²) < 4.78 is 2.86. The van der Waals surface area contributed by atoms with E-state index < -0.39 is 16.5 Å². The monoisotopic (exact) mass is 231 g/mol. The topological polar surface area (TPSA) is 3.24 Å². The van der Waals surface area contributed by atoms with Crippen molar-refractivity contribution >= 4 is 26.0 Å². The summed E-state index contributed by atoms with van der Waals surface area (Å²) in [6, 6.07) is 0. The van der Waals surface area contributed by atoms with Crippen LogP contribution in [-0.4, -0.2) is 36.4 Å². The fraction of sp³-hybridized carbons (Fsp3) is 0.778. The van der Waals surface area contributed by atoms with Crippen LogP contribution in [0, 0.1) is 0 Å². The Balaban J connectivity index is 4.47. The Kier molecular flexibility index (Phi) is 4.85. The second kappa shape index (κ2) is 4.73. The van der Waals surface area contributed by atoms with Crippen LogP contribution < -0.4 is 0 Å². The van der Waals surface area contributed by atoms with Gasteiger partial charge in [-0.3, -0.25) is 0 Å². The SMILES string of the molecule is C=C[SiH2]CN([Si](C)(C)C)[Si](C)(C)C. The summed E-state index contributed by atoms with van der Waals surface area (Å²) in [7, 11) is -2.18. The van der Waals surface area contributed by atoms with E-state index >= 15 is 0 Å². The average molecular weight is 232 g/mol.